The standard InChI is InChI=1S/C35H26Cl2N4O6/c36-11-22-28(13-42)40(38-32(44)45)26-9-24(18-5-1-3-7-20(18)30(22)26)34-15-35(16-34,17-34)25-10-27-31(21-8-4-2-6-19(21)25)23(12-37)29(14-43)41(27)39-33(46)47/h1-10,22-23,38-39H,11-12,15-17H2,(H,44,45)(H,46,47)/t22-,23-,34?,35?/m1/s1. The second-order valence-corrected chi connectivity index (χ2v) is 13.4. The van der Waals surface area contributed by atoms with Gasteiger partial charge in [0.2, 0.25) is 0 Å². The number of benzene rings is 4. The van der Waals surface area contributed by atoms with Crippen LogP contribution >= 0.6 is 23.2 Å². The van der Waals surface area contributed by atoms with Crippen molar-refractivity contribution in [2.45, 2.75) is 41.9 Å². The highest BCUT2D eigenvalue weighted by atomic mass is 35.5. The van der Waals surface area contributed by atoms with Crippen LogP contribution in [0.4, 0.5) is 21.0 Å². The van der Waals surface area contributed by atoms with Crippen molar-refractivity contribution in [2.75, 3.05) is 21.8 Å². The van der Waals surface area contributed by atoms with Gasteiger partial charge in [0.1, 0.15) is 23.3 Å². The molecule has 236 valence electrons. The number of anilines is 2. The number of carbonyl (C=O) groups excluding carboxylic acids is 2. The highest BCUT2D eigenvalue weighted by molar-refractivity contribution is 6.20. The average Bonchev–Trinajstić information content (AvgIpc) is 3.49. The first kappa shape index (κ1) is 29.4. The molecule has 2 aliphatic heterocycles. The Kier molecular flexibility index (Phi) is 6.42. The third-order valence-corrected chi connectivity index (χ3v) is 11.2. The van der Waals surface area contributed by atoms with Gasteiger partial charge in [0, 0.05) is 11.8 Å². The van der Waals surface area contributed by atoms with Crippen LogP contribution in [0.1, 0.15) is 53.4 Å². The molecule has 0 saturated heterocycles. The largest absolute Gasteiger partial charge is 0.464 e. The predicted octanol–water partition coefficient (Wildman–Crippen LogP) is 6.45. The molecule has 12 heteroatoms. The zero-order valence-electron chi connectivity index (χ0n) is 24.6. The van der Waals surface area contributed by atoms with Crippen LogP contribution < -0.4 is 20.9 Å². The van der Waals surface area contributed by atoms with Crippen LogP contribution in [-0.2, 0) is 20.4 Å². The maximum atomic E-state index is 12.1. The lowest BCUT2D eigenvalue weighted by atomic mass is 9.31. The summed E-state index contributed by atoms with van der Waals surface area (Å²) in [6, 6.07) is 19.8. The number of nitrogens with zero attached hydrogens (tertiary/aromatic N) is 2. The fourth-order valence-corrected chi connectivity index (χ4v) is 9.52. The summed E-state index contributed by atoms with van der Waals surface area (Å²) >= 11 is 12.7. The van der Waals surface area contributed by atoms with Crippen molar-refractivity contribution in [2.24, 2.45) is 0 Å². The molecule has 2 bridgehead atoms. The van der Waals surface area contributed by atoms with E-state index in [0.717, 1.165) is 63.1 Å². The molecule has 47 heavy (non-hydrogen) atoms. The lowest BCUT2D eigenvalue weighted by Crippen LogP contribution is -2.67. The highest BCUT2D eigenvalue weighted by Crippen LogP contribution is 2.76. The number of hydrogen-bond donors (Lipinski definition) is 4. The van der Waals surface area contributed by atoms with Crippen molar-refractivity contribution in [1.82, 2.24) is 10.9 Å². The lowest BCUT2D eigenvalue weighted by molar-refractivity contribution is -0.0671. The molecule has 3 saturated carbocycles. The van der Waals surface area contributed by atoms with Crippen LogP contribution in [-0.4, -0.2) is 46.0 Å². The van der Waals surface area contributed by atoms with E-state index in [9.17, 15) is 29.4 Å². The topological polar surface area (TPSA) is 139 Å². The number of alkyl halides is 2. The molecule has 3 aliphatic carbocycles. The Morgan fingerprint density at radius 2 is 1.06 bits per heavy atom. The maximum absolute atomic E-state index is 12.1. The summed E-state index contributed by atoms with van der Waals surface area (Å²) in [6.45, 7) is 0. The number of hydrogen-bond acceptors (Lipinski definition) is 6. The van der Waals surface area contributed by atoms with Gasteiger partial charge in [0.05, 0.1) is 23.2 Å². The van der Waals surface area contributed by atoms with Gasteiger partial charge in [-0.1, -0.05) is 48.5 Å². The van der Waals surface area contributed by atoms with Crippen LogP contribution in [0.15, 0.2) is 72.1 Å². The van der Waals surface area contributed by atoms with E-state index in [1.807, 2.05) is 60.4 Å². The van der Waals surface area contributed by atoms with E-state index in [-0.39, 0.29) is 34.0 Å². The van der Waals surface area contributed by atoms with Gasteiger partial charge < -0.3 is 10.2 Å². The zero-order chi connectivity index (χ0) is 32.8. The smallest absolute Gasteiger partial charge is 0.424 e. The van der Waals surface area contributed by atoms with Crippen LogP contribution in [0.2, 0.25) is 0 Å². The third kappa shape index (κ3) is 3.87. The third-order valence-electron chi connectivity index (χ3n) is 10.6. The number of halogens is 2. The van der Waals surface area contributed by atoms with Crippen LogP contribution in [0, 0.1) is 0 Å². The van der Waals surface area contributed by atoms with Gasteiger partial charge in [0.25, 0.3) is 0 Å². The van der Waals surface area contributed by atoms with Crippen molar-refractivity contribution >= 4 is 80.2 Å². The van der Waals surface area contributed by atoms with E-state index in [2.05, 4.69) is 23.0 Å². The Morgan fingerprint density at radius 3 is 1.38 bits per heavy atom. The van der Waals surface area contributed by atoms with Crippen LogP contribution in [0.3, 0.4) is 0 Å². The molecule has 5 aliphatic rings. The van der Waals surface area contributed by atoms with Gasteiger partial charge in [-0.2, -0.15) is 0 Å². The minimum atomic E-state index is -1.31. The molecule has 9 rings (SSSR count). The number of nitrogens with one attached hydrogen (secondary N) is 2. The fourth-order valence-electron chi connectivity index (χ4n) is 8.92. The normalized spacial score (nSPS) is 25.1. The summed E-state index contributed by atoms with van der Waals surface area (Å²) < 4.78 is 0. The molecule has 0 spiro atoms. The van der Waals surface area contributed by atoms with E-state index < -0.39 is 24.0 Å². The number of allylic oxidation sites excluding steroid dienone is 2. The second kappa shape index (κ2) is 10.3. The fraction of sp³-hybridized carbons (Fsp3) is 0.257. The first-order valence-corrected chi connectivity index (χ1v) is 16.1. The SMILES string of the molecule is O=C=C1[C@@H](CCl)c2c(cc(C34CC(c5cc6c(c7ccccc57)[C@H](CCl)C(=C=O)N6NC(=O)O)(C3)C4)c3ccccc23)N1NC(=O)O. The van der Waals surface area contributed by atoms with E-state index in [1.165, 1.54) is 10.0 Å². The van der Waals surface area contributed by atoms with Crippen LogP contribution in [0.5, 0.6) is 0 Å². The summed E-state index contributed by atoms with van der Waals surface area (Å²) in [7, 11) is 0. The molecule has 10 nitrogen and oxygen atoms in total. The summed E-state index contributed by atoms with van der Waals surface area (Å²) in [5.41, 5.74) is 9.42. The molecule has 3 fully saturated rings. The van der Waals surface area contributed by atoms with Crippen molar-refractivity contribution in [3.63, 3.8) is 0 Å². The molecule has 2 heterocycles. The summed E-state index contributed by atoms with van der Waals surface area (Å²) in [4.78, 5) is 47.8. The molecule has 4 aromatic carbocycles. The summed E-state index contributed by atoms with van der Waals surface area (Å²) in [5, 5.41) is 25.7. The van der Waals surface area contributed by atoms with Crippen molar-refractivity contribution in [3.8, 4) is 0 Å². The van der Waals surface area contributed by atoms with Gasteiger partial charge in [-0.3, -0.25) is 0 Å². The van der Waals surface area contributed by atoms with Crippen molar-refractivity contribution in [1.29, 1.82) is 0 Å². The van der Waals surface area contributed by atoms with Gasteiger partial charge in [-0.05, 0) is 86.0 Å². The Balaban J connectivity index is 1.26. The Hall–Kier alpha value is -4.98. The number of carbonyl (C=O) groups is 2. The number of rotatable bonds is 6. The Labute approximate surface area is 277 Å². The van der Waals surface area contributed by atoms with Gasteiger partial charge in [0.15, 0.2) is 0 Å². The van der Waals surface area contributed by atoms with Gasteiger partial charge in [-0.25, -0.2) is 40.0 Å². The van der Waals surface area contributed by atoms with E-state index >= 15 is 0 Å². The maximum Gasteiger partial charge on any atom is 0.424 e. The first-order chi connectivity index (χ1) is 22.7. The molecule has 2 atom stereocenters. The van der Waals surface area contributed by atoms with Crippen molar-refractivity contribution in [3.05, 3.63) is 94.3 Å². The Morgan fingerprint density at radius 1 is 0.702 bits per heavy atom. The second-order valence-electron chi connectivity index (χ2n) is 12.8. The quantitative estimate of drug-likeness (QED) is 0.136. The summed E-state index contributed by atoms with van der Waals surface area (Å²) in [6.07, 6.45) is -0.215. The molecule has 4 N–H and O–H groups in total. The molecule has 0 radical (unpaired) electrons. The van der Waals surface area contributed by atoms with E-state index in [0.29, 0.717) is 11.4 Å². The minimum Gasteiger partial charge on any atom is -0.464 e. The average molecular weight is 670 g/mol. The molecular formula is C35H26Cl2N4O6. The number of amides is 2. The van der Waals surface area contributed by atoms with Crippen LogP contribution in [0.25, 0.3) is 21.5 Å². The van der Waals surface area contributed by atoms with Gasteiger partial charge in [-0.15, -0.1) is 23.2 Å². The molecule has 0 unspecified atom stereocenters. The molecule has 2 amide bonds. The zero-order valence-corrected chi connectivity index (χ0v) is 26.2. The molecular weight excluding hydrogens is 643 g/mol. The first-order valence-electron chi connectivity index (χ1n) is 15.0. The Bertz CT molecular complexity index is 2020. The summed E-state index contributed by atoms with van der Waals surface area (Å²) in [5.74, 6) is 2.95. The number of carboxylic acid groups (broad SMARTS) is 2. The highest BCUT2D eigenvalue weighted by Gasteiger charge is 2.69. The minimum absolute atomic E-state index is 0.0811. The van der Waals surface area contributed by atoms with Gasteiger partial charge >= 0.3 is 12.2 Å². The number of fused-ring (bicyclic) bond motifs is 6. The monoisotopic (exact) mass is 668 g/mol. The number of hydrazine groups is 2. The van der Waals surface area contributed by atoms with E-state index in [1.54, 1.807) is 0 Å². The van der Waals surface area contributed by atoms with Crippen molar-refractivity contribution < 1.29 is 29.4 Å². The molecule has 4 aromatic rings. The lowest BCUT2D eigenvalue weighted by Gasteiger charge is -2.72. The van der Waals surface area contributed by atoms with E-state index in [4.69, 9.17) is 23.2 Å². The predicted molar refractivity (Wildman–Crippen MR) is 178 cm³/mol. The molecule has 0 aromatic heterocycles.